The highest BCUT2D eigenvalue weighted by Gasteiger charge is 2.25. The number of benzene rings is 1. The number of nitrogens with two attached hydrogens (primary N) is 1. The van der Waals surface area contributed by atoms with Crippen molar-refractivity contribution in [2.45, 2.75) is 39.2 Å². The van der Waals surface area contributed by atoms with Gasteiger partial charge in [0.25, 0.3) is 0 Å². The molecule has 0 bridgehead atoms. The van der Waals surface area contributed by atoms with E-state index in [1.165, 1.54) is 19.3 Å². The van der Waals surface area contributed by atoms with Crippen molar-refractivity contribution in [3.63, 3.8) is 0 Å². The van der Waals surface area contributed by atoms with Crippen LogP contribution in [-0.4, -0.2) is 23.9 Å². The van der Waals surface area contributed by atoms with Gasteiger partial charge in [0.1, 0.15) is 0 Å². The number of likely N-dealkylation sites (tertiary alicyclic amines) is 1. The number of rotatable bonds is 5. The monoisotopic (exact) mass is 260 g/mol. The zero-order valence-electron chi connectivity index (χ0n) is 11.8. The van der Waals surface area contributed by atoms with Crippen molar-refractivity contribution in [3.05, 3.63) is 35.4 Å². The van der Waals surface area contributed by atoms with Crippen molar-refractivity contribution in [2.24, 2.45) is 11.7 Å². The molecule has 1 unspecified atom stereocenters. The van der Waals surface area contributed by atoms with Crippen LogP contribution in [0.2, 0.25) is 0 Å². The molecule has 1 aliphatic heterocycles. The van der Waals surface area contributed by atoms with E-state index in [1.807, 2.05) is 29.2 Å². The maximum atomic E-state index is 12.2. The third-order valence-electron chi connectivity index (χ3n) is 3.95. The van der Waals surface area contributed by atoms with Crippen molar-refractivity contribution >= 4 is 5.91 Å². The summed E-state index contributed by atoms with van der Waals surface area (Å²) in [6, 6.07) is 8.04. The van der Waals surface area contributed by atoms with Gasteiger partial charge in [0, 0.05) is 19.6 Å². The van der Waals surface area contributed by atoms with Crippen LogP contribution in [0.1, 0.15) is 37.3 Å². The predicted molar refractivity (Wildman–Crippen MR) is 77.6 cm³/mol. The van der Waals surface area contributed by atoms with E-state index >= 15 is 0 Å². The van der Waals surface area contributed by atoms with Crippen LogP contribution in [0.4, 0.5) is 0 Å². The Morgan fingerprint density at radius 1 is 1.32 bits per heavy atom. The molecule has 1 fully saturated rings. The Labute approximate surface area is 115 Å². The molecule has 2 rings (SSSR count). The summed E-state index contributed by atoms with van der Waals surface area (Å²) >= 11 is 0. The minimum atomic E-state index is 0.263. The van der Waals surface area contributed by atoms with Gasteiger partial charge in [-0.3, -0.25) is 4.79 Å². The quantitative estimate of drug-likeness (QED) is 0.883. The number of amides is 1. The Balaban J connectivity index is 1.87. The minimum absolute atomic E-state index is 0.263. The summed E-state index contributed by atoms with van der Waals surface area (Å²) in [7, 11) is 0. The number of nitrogens with zero attached hydrogens (tertiary/aromatic N) is 1. The van der Waals surface area contributed by atoms with Crippen molar-refractivity contribution in [3.8, 4) is 0 Å². The predicted octanol–water partition coefficient (Wildman–Crippen LogP) is 2.34. The number of carbonyl (C=O) groups is 1. The van der Waals surface area contributed by atoms with Gasteiger partial charge < -0.3 is 10.6 Å². The average molecular weight is 260 g/mol. The number of carbonyl (C=O) groups excluding carboxylic acids is 1. The molecule has 3 heteroatoms. The van der Waals surface area contributed by atoms with Crippen LogP contribution < -0.4 is 5.73 Å². The zero-order valence-corrected chi connectivity index (χ0v) is 11.8. The SMILES string of the molecule is CCCC1CCN(C(=O)Cc2ccc(CN)cc2)C1. The van der Waals surface area contributed by atoms with Crippen molar-refractivity contribution < 1.29 is 4.79 Å². The van der Waals surface area contributed by atoms with Crippen LogP contribution in [0.25, 0.3) is 0 Å². The Morgan fingerprint density at radius 2 is 2.00 bits per heavy atom. The molecular formula is C16H24N2O. The van der Waals surface area contributed by atoms with E-state index in [1.54, 1.807) is 0 Å². The smallest absolute Gasteiger partial charge is 0.226 e. The van der Waals surface area contributed by atoms with E-state index in [2.05, 4.69) is 6.92 Å². The van der Waals surface area contributed by atoms with E-state index in [-0.39, 0.29) is 5.91 Å². The van der Waals surface area contributed by atoms with Gasteiger partial charge in [-0.05, 0) is 29.9 Å². The lowest BCUT2D eigenvalue weighted by Gasteiger charge is -2.16. The molecule has 1 atom stereocenters. The fraction of sp³-hybridized carbons (Fsp3) is 0.562. The zero-order chi connectivity index (χ0) is 13.7. The molecule has 1 heterocycles. The Hall–Kier alpha value is -1.35. The van der Waals surface area contributed by atoms with Gasteiger partial charge in [0.15, 0.2) is 0 Å². The number of hydrogen-bond donors (Lipinski definition) is 1. The normalized spacial score (nSPS) is 18.8. The summed E-state index contributed by atoms with van der Waals surface area (Å²) in [5.41, 5.74) is 7.77. The van der Waals surface area contributed by atoms with Gasteiger partial charge in [-0.1, -0.05) is 37.6 Å². The van der Waals surface area contributed by atoms with Crippen LogP contribution in [0.15, 0.2) is 24.3 Å². The van der Waals surface area contributed by atoms with Gasteiger partial charge in [-0.25, -0.2) is 0 Å². The molecule has 2 N–H and O–H groups in total. The van der Waals surface area contributed by atoms with Crippen LogP contribution >= 0.6 is 0 Å². The van der Waals surface area contributed by atoms with E-state index in [9.17, 15) is 4.79 Å². The Bertz CT molecular complexity index is 413. The first-order valence-corrected chi connectivity index (χ1v) is 7.28. The van der Waals surface area contributed by atoms with Crippen molar-refractivity contribution in [1.29, 1.82) is 0 Å². The molecule has 0 aromatic heterocycles. The van der Waals surface area contributed by atoms with E-state index in [4.69, 9.17) is 5.73 Å². The fourth-order valence-corrected chi connectivity index (χ4v) is 2.78. The molecular weight excluding hydrogens is 236 g/mol. The summed E-state index contributed by atoms with van der Waals surface area (Å²) in [6.45, 7) is 4.65. The van der Waals surface area contributed by atoms with Gasteiger partial charge in [0.2, 0.25) is 5.91 Å². The second-order valence-corrected chi connectivity index (χ2v) is 5.48. The van der Waals surface area contributed by atoms with Crippen LogP contribution in [0.3, 0.4) is 0 Å². The summed E-state index contributed by atoms with van der Waals surface area (Å²) in [5.74, 6) is 0.979. The number of hydrogen-bond acceptors (Lipinski definition) is 2. The first kappa shape index (κ1) is 14.1. The first-order valence-electron chi connectivity index (χ1n) is 7.28. The highest BCUT2D eigenvalue weighted by molar-refractivity contribution is 5.79. The molecule has 1 aliphatic rings. The molecule has 104 valence electrons. The largest absolute Gasteiger partial charge is 0.342 e. The molecule has 0 saturated carbocycles. The molecule has 0 spiro atoms. The standard InChI is InChI=1S/C16H24N2O/c1-2-3-15-8-9-18(12-15)16(19)10-13-4-6-14(11-17)7-5-13/h4-7,15H,2-3,8-12,17H2,1H3. The highest BCUT2D eigenvalue weighted by Crippen LogP contribution is 2.21. The second-order valence-electron chi connectivity index (χ2n) is 5.48. The lowest BCUT2D eigenvalue weighted by molar-refractivity contribution is -0.129. The topological polar surface area (TPSA) is 46.3 Å². The summed E-state index contributed by atoms with van der Waals surface area (Å²) < 4.78 is 0. The van der Waals surface area contributed by atoms with Gasteiger partial charge >= 0.3 is 0 Å². The van der Waals surface area contributed by atoms with E-state index < -0.39 is 0 Å². The lowest BCUT2D eigenvalue weighted by Crippen LogP contribution is -2.30. The maximum Gasteiger partial charge on any atom is 0.226 e. The van der Waals surface area contributed by atoms with Crippen LogP contribution in [0.5, 0.6) is 0 Å². The fourth-order valence-electron chi connectivity index (χ4n) is 2.78. The van der Waals surface area contributed by atoms with E-state index in [0.717, 1.165) is 24.2 Å². The van der Waals surface area contributed by atoms with E-state index in [0.29, 0.717) is 18.9 Å². The molecule has 3 nitrogen and oxygen atoms in total. The Kier molecular flexibility index (Phi) is 4.97. The molecule has 1 saturated heterocycles. The molecule has 19 heavy (non-hydrogen) atoms. The van der Waals surface area contributed by atoms with Crippen LogP contribution in [-0.2, 0) is 17.8 Å². The average Bonchev–Trinajstić information content (AvgIpc) is 2.89. The third kappa shape index (κ3) is 3.80. The second kappa shape index (κ2) is 6.71. The molecule has 1 amide bonds. The summed E-state index contributed by atoms with van der Waals surface area (Å²) in [6.07, 6.45) is 4.15. The molecule has 1 aromatic carbocycles. The third-order valence-corrected chi connectivity index (χ3v) is 3.95. The van der Waals surface area contributed by atoms with Gasteiger partial charge in [0.05, 0.1) is 6.42 Å². The highest BCUT2D eigenvalue weighted by atomic mass is 16.2. The maximum absolute atomic E-state index is 12.2. The van der Waals surface area contributed by atoms with Crippen molar-refractivity contribution in [2.75, 3.05) is 13.1 Å². The van der Waals surface area contributed by atoms with Gasteiger partial charge in [-0.2, -0.15) is 0 Å². The minimum Gasteiger partial charge on any atom is -0.342 e. The molecule has 0 aliphatic carbocycles. The van der Waals surface area contributed by atoms with Crippen molar-refractivity contribution in [1.82, 2.24) is 4.90 Å². The molecule has 1 aromatic rings. The molecule has 0 radical (unpaired) electrons. The summed E-state index contributed by atoms with van der Waals surface area (Å²) in [5, 5.41) is 0. The lowest BCUT2D eigenvalue weighted by atomic mass is 10.0. The first-order chi connectivity index (χ1) is 9.22. The van der Waals surface area contributed by atoms with Crippen LogP contribution in [0, 0.1) is 5.92 Å². The van der Waals surface area contributed by atoms with Gasteiger partial charge in [-0.15, -0.1) is 0 Å². The summed E-state index contributed by atoms with van der Waals surface area (Å²) in [4.78, 5) is 14.2. The Morgan fingerprint density at radius 3 is 2.63 bits per heavy atom.